The van der Waals surface area contributed by atoms with Crippen molar-refractivity contribution in [3.63, 3.8) is 0 Å². The molecule has 2 unspecified atom stereocenters. The lowest BCUT2D eigenvalue weighted by Crippen LogP contribution is -2.51. The zero-order chi connectivity index (χ0) is 66.7. The smallest absolute Gasteiger partial charge is 0.149 e. The number of hydrogen-bond acceptors (Lipinski definition) is 15. The van der Waals surface area contributed by atoms with E-state index in [4.69, 9.17) is 0 Å². The normalized spacial score (nSPS) is 23.6. The number of Topliss-reactive ketones (excluding diaryl/α,β-unsaturated/α-hetero) is 5. The van der Waals surface area contributed by atoms with Crippen LogP contribution in [0.4, 0.5) is 0 Å². The van der Waals surface area contributed by atoms with E-state index in [-0.39, 0.29) is 59.1 Å². The van der Waals surface area contributed by atoms with E-state index in [0.717, 1.165) is 92.0 Å². The second-order valence-electron chi connectivity index (χ2n) is 28.0. The Bertz CT molecular complexity index is 2760. The zero-order valence-electron chi connectivity index (χ0n) is 56.2. The number of benzene rings is 5. The molecule has 0 saturated heterocycles. The van der Waals surface area contributed by atoms with Gasteiger partial charge in [0.15, 0.2) is 0 Å². The first-order valence-corrected chi connectivity index (χ1v) is 32.3. The maximum atomic E-state index is 11.6. The van der Waals surface area contributed by atoms with Gasteiger partial charge < -0.3 is 25.5 Å². The van der Waals surface area contributed by atoms with Gasteiger partial charge in [-0.05, 0) is 224 Å². The molecule has 15 heteroatoms. The van der Waals surface area contributed by atoms with Gasteiger partial charge in [0.2, 0.25) is 0 Å². The summed E-state index contributed by atoms with van der Waals surface area (Å²) in [6, 6.07) is 39.8. The molecule has 10 atom stereocenters. The van der Waals surface area contributed by atoms with E-state index in [1.54, 1.807) is 34.6 Å². The summed E-state index contributed by atoms with van der Waals surface area (Å²) < 4.78 is 0. The van der Waals surface area contributed by atoms with Crippen molar-refractivity contribution < 1.29 is 49.5 Å². The fourth-order valence-electron chi connectivity index (χ4n) is 12.0. The molecule has 0 aliphatic heterocycles. The van der Waals surface area contributed by atoms with Crippen LogP contribution in [-0.4, -0.2) is 113 Å². The van der Waals surface area contributed by atoms with Crippen LogP contribution < -0.4 is 26.6 Å². The summed E-state index contributed by atoms with van der Waals surface area (Å²) in [7, 11) is 0. The minimum absolute atomic E-state index is 0.0813. The van der Waals surface area contributed by atoms with E-state index in [9.17, 15) is 49.5 Å². The van der Waals surface area contributed by atoms with E-state index < -0.39 is 58.2 Å². The van der Waals surface area contributed by atoms with Crippen molar-refractivity contribution in [1.29, 1.82) is 0 Å². The van der Waals surface area contributed by atoms with Crippen molar-refractivity contribution in [1.82, 2.24) is 26.6 Å². The monoisotopic (exact) mass is 1240 g/mol. The second-order valence-corrected chi connectivity index (χ2v) is 28.0. The highest BCUT2D eigenvalue weighted by Crippen LogP contribution is 2.37. The van der Waals surface area contributed by atoms with Crippen molar-refractivity contribution in [2.24, 2.45) is 0 Å². The number of carbonyl (C=O) groups excluding carboxylic acids is 5. The summed E-state index contributed by atoms with van der Waals surface area (Å²) in [4.78, 5) is 58.1. The van der Waals surface area contributed by atoms with Gasteiger partial charge in [0, 0.05) is 0 Å². The molecule has 15 nitrogen and oxygen atoms in total. The van der Waals surface area contributed by atoms with Crippen LogP contribution in [0.15, 0.2) is 121 Å². The molecule has 0 saturated carbocycles. The van der Waals surface area contributed by atoms with E-state index in [0.29, 0.717) is 0 Å². The molecule has 90 heavy (non-hydrogen) atoms. The number of carbonyl (C=O) groups is 5. The standard InChI is InChI=1S/5C15H21NO2/c5*1-10(17)15(2,3)16-14-12-7-5-4-6-11(12)8-9-13(14)18/h5*4-7,13-14,16,18H,8-9H2,1-3H3/t2*13-,14+;2*13-,14-;/m1010./s1. The molecule has 0 amide bonds. The lowest BCUT2D eigenvalue weighted by atomic mass is 9.84. The van der Waals surface area contributed by atoms with Crippen LogP contribution in [0.25, 0.3) is 0 Å². The molecule has 10 N–H and O–H groups in total. The molecule has 0 radical (unpaired) electrons. The van der Waals surface area contributed by atoms with Gasteiger partial charge >= 0.3 is 0 Å². The lowest BCUT2D eigenvalue weighted by Gasteiger charge is -2.36. The predicted octanol–water partition coefficient (Wildman–Crippen LogP) is 9.96. The Morgan fingerprint density at radius 1 is 0.278 bits per heavy atom. The number of fused-ring (bicyclic) bond motifs is 5. The minimum Gasteiger partial charge on any atom is -0.391 e. The molecule has 0 fully saturated rings. The third kappa shape index (κ3) is 18.9. The maximum Gasteiger partial charge on any atom is 0.149 e. The van der Waals surface area contributed by atoms with Gasteiger partial charge in [0.25, 0.3) is 0 Å². The molecule has 0 spiro atoms. The molecular formula is C75H105N5O10. The Morgan fingerprint density at radius 3 is 0.544 bits per heavy atom. The van der Waals surface area contributed by atoms with E-state index in [1.807, 2.05) is 160 Å². The van der Waals surface area contributed by atoms with Gasteiger partial charge in [0.1, 0.15) is 28.9 Å². The van der Waals surface area contributed by atoms with Crippen LogP contribution in [-0.2, 0) is 56.1 Å². The number of aliphatic hydroxyl groups is 5. The van der Waals surface area contributed by atoms with Crippen LogP contribution >= 0.6 is 0 Å². The minimum atomic E-state index is -0.615. The number of ketones is 5. The number of aryl methyl sites for hydroxylation is 5. The first kappa shape index (κ1) is 73.1. The fourth-order valence-corrected chi connectivity index (χ4v) is 12.0. The van der Waals surface area contributed by atoms with Crippen molar-refractivity contribution in [2.75, 3.05) is 0 Å². The lowest BCUT2D eigenvalue weighted by molar-refractivity contribution is -0.123. The molecule has 10 rings (SSSR count). The molecule has 5 aromatic rings. The molecule has 0 aromatic heterocycles. The van der Waals surface area contributed by atoms with Crippen LogP contribution in [0, 0.1) is 0 Å². The summed E-state index contributed by atoms with van der Waals surface area (Å²) in [5.74, 6) is 0.406. The average molecular weight is 1240 g/mol. The Labute approximate surface area is 536 Å². The molecule has 490 valence electrons. The summed E-state index contributed by atoms with van der Waals surface area (Å²) in [5, 5.41) is 67.4. The highest BCUT2D eigenvalue weighted by Gasteiger charge is 2.39. The van der Waals surface area contributed by atoms with Crippen LogP contribution in [0.5, 0.6) is 0 Å². The Kier molecular flexibility index (Phi) is 25.3. The number of hydrogen-bond donors (Lipinski definition) is 10. The van der Waals surface area contributed by atoms with Crippen LogP contribution in [0.2, 0.25) is 0 Å². The van der Waals surface area contributed by atoms with E-state index >= 15 is 0 Å². The SMILES string of the molecule is CC(=O)C(C)(C)NC1c2ccccc2CCC1O.CC(=O)C(C)(C)N[C@@H]1c2ccccc2CC[C@@H]1O.CC(=O)C(C)(C)N[C@@H]1c2ccccc2CC[C@H]1O.CC(=O)C(C)(C)N[C@H]1c2ccccc2CC[C@@H]1O.CC(=O)C(C)(C)N[C@H]1c2ccccc2CC[C@H]1O. The van der Waals surface area contributed by atoms with E-state index in [2.05, 4.69) is 56.9 Å². The zero-order valence-corrected chi connectivity index (χ0v) is 56.2. The number of rotatable bonds is 15. The topological polar surface area (TPSA) is 247 Å². The van der Waals surface area contributed by atoms with Crippen LogP contribution in [0.3, 0.4) is 0 Å². The quantitative estimate of drug-likeness (QED) is 0.0469. The summed E-state index contributed by atoms with van der Waals surface area (Å²) in [6.45, 7) is 26.5. The number of aliphatic hydroxyl groups excluding tert-OH is 5. The number of nitrogens with one attached hydrogen (secondary N) is 5. The molecule has 0 bridgehead atoms. The Hall–Kier alpha value is -5.95. The van der Waals surface area contributed by atoms with E-state index in [1.165, 1.54) is 27.8 Å². The molecule has 5 aromatic carbocycles. The Balaban J connectivity index is 0.000000179. The first-order valence-electron chi connectivity index (χ1n) is 32.3. The Morgan fingerprint density at radius 2 is 0.411 bits per heavy atom. The van der Waals surface area contributed by atoms with Crippen molar-refractivity contribution in [3.8, 4) is 0 Å². The highest BCUT2D eigenvalue weighted by atomic mass is 16.3. The summed E-state index contributed by atoms with van der Waals surface area (Å²) >= 11 is 0. The maximum absolute atomic E-state index is 11.6. The second kappa shape index (κ2) is 31.1. The van der Waals surface area contributed by atoms with Crippen LogP contribution in [0.1, 0.15) is 222 Å². The van der Waals surface area contributed by atoms with Gasteiger partial charge in [-0.15, -0.1) is 0 Å². The molecular weight excluding hydrogens is 1130 g/mol. The van der Waals surface area contributed by atoms with Gasteiger partial charge in [-0.3, -0.25) is 50.6 Å². The third-order valence-electron chi connectivity index (χ3n) is 19.4. The van der Waals surface area contributed by atoms with Crippen molar-refractivity contribution >= 4 is 28.9 Å². The van der Waals surface area contributed by atoms with Gasteiger partial charge in [-0.1, -0.05) is 121 Å². The summed E-state index contributed by atoms with van der Waals surface area (Å²) in [5.41, 5.74) is 8.82. The molecule has 5 aliphatic rings. The highest BCUT2D eigenvalue weighted by molar-refractivity contribution is 5.87. The van der Waals surface area contributed by atoms with Gasteiger partial charge in [-0.2, -0.15) is 0 Å². The van der Waals surface area contributed by atoms with Gasteiger partial charge in [-0.25, -0.2) is 0 Å². The fraction of sp³-hybridized carbons (Fsp3) is 0.533. The first-order chi connectivity index (χ1) is 42.1. The van der Waals surface area contributed by atoms with Crippen molar-refractivity contribution in [3.05, 3.63) is 177 Å². The third-order valence-corrected chi connectivity index (χ3v) is 19.4. The molecule has 5 aliphatic carbocycles. The van der Waals surface area contributed by atoms with Crippen molar-refractivity contribution in [2.45, 2.75) is 256 Å². The molecule has 0 heterocycles. The summed E-state index contributed by atoms with van der Waals surface area (Å²) in [6.07, 6.45) is 6.03. The average Bonchev–Trinajstić information content (AvgIpc) is 0.888. The van der Waals surface area contributed by atoms with Gasteiger partial charge in [0.05, 0.1) is 88.4 Å². The largest absolute Gasteiger partial charge is 0.391 e. The predicted molar refractivity (Wildman–Crippen MR) is 357 cm³/mol.